The molecular weight excluding hydrogens is 412 g/mol. The highest BCUT2D eigenvalue weighted by atomic mass is 16.3. The third-order valence-corrected chi connectivity index (χ3v) is 6.92. The molecule has 0 unspecified atom stereocenters. The zero-order chi connectivity index (χ0) is 25.3. The van der Waals surface area contributed by atoms with Crippen LogP contribution in [0.1, 0.15) is 119 Å². The lowest BCUT2D eigenvalue weighted by Gasteiger charge is -2.28. The Morgan fingerprint density at radius 1 is 0.824 bits per heavy atom. The SMILES string of the molecule is C=C(CC/C=C(\C)CCC=C(C)C)CC[C@H]1C=C(CC/C=C(\C)CCC=C(C)C)C[C@H](CO)C1. The van der Waals surface area contributed by atoms with Crippen LogP contribution in [-0.2, 0) is 0 Å². The van der Waals surface area contributed by atoms with E-state index in [0.29, 0.717) is 18.4 Å². The van der Waals surface area contributed by atoms with Gasteiger partial charge in [-0.2, -0.15) is 0 Å². The fourth-order valence-electron chi connectivity index (χ4n) is 4.80. The topological polar surface area (TPSA) is 20.2 Å². The standard InChI is InChI=1S/C33H54O/c1-26(2)12-8-14-28(5)16-10-17-30(7)20-21-32-22-31(23-33(24-32)25-34)19-11-18-29(6)15-9-13-27(3)4/h12-13,16,18,22,32-34H,7-11,14-15,17,19-21,23-25H2,1-6H3/b28-16+,29-18+/t32-,33-/m0/s1. The van der Waals surface area contributed by atoms with E-state index in [2.05, 4.69) is 78.5 Å². The van der Waals surface area contributed by atoms with Crippen molar-refractivity contribution in [3.8, 4) is 0 Å². The van der Waals surface area contributed by atoms with Gasteiger partial charge >= 0.3 is 0 Å². The third kappa shape index (κ3) is 15.3. The molecule has 0 bridgehead atoms. The Balaban J connectivity index is 2.44. The van der Waals surface area contributed by atoms with Crippen LogP contribution in [0.3, 0.4) is 0 Å². The van der Waals surface area contributed by atoms with Gasteiger partial charge in [0.25, 0.3) is 0 Å². The zero-order valence-electron chi connectivity index (χ0n) is 23.4. The first-order valence-corrected chi connectivity index (χ1v) is 13.7. The maximum absolute atomic E-state index is 9.85. The zero-order valence-corrected chi connectivity index (χ0v) is 23.4. The van der Waals surface area contributed by atoms with Gasteiger partial charge in [0.05, 0.1) is 0 Å². The first-order valence-electron chi connectivity index (χ1n) is 13.7. The second kappa shape index (κ2) is 17.8. The van der Waals surface area contributed by atoms with Crippen LogP contribution in [0, 0.1) is 11.8 Å². The Morgan fingerprint density at radius 3 is 1.94 bits per heavy atom. The molecule has 0 aromatic heterocycles. The van der Waals surface area contributed by atoms with Gasteiger partial charge in [0.15, 0.2) is 0 Å². The van der Waals surface area contributed by atoms with Crippen LogP contribution in [0.5, 0.6) is 0 Å². The van der Waals surface area contributed by atoms with E-state index in [4.69, 9.17) is 0 Å². The number of hydrogen-bond acceptors (Lipinski definition) is 1. The summed E-state index contributed by atoms with van der Waals surface area (Å²) in [5.41, 5.74) is 8.75. The van der Waals surface area contributed by atoms with Crippen molar-refractivity contribution in [2.75, 3.05) is 6.61 Å². The first kappa shape index (κ1) is 30.4. The van der Waals surface area contributed by atoms with Gasteiger partial charge in [0.2, 0.25) is 0 Å². The van der Waals surface area contributed by atoms with Crippen LogP contribution in [0.25, 0.3) is 0 Å². The monoisotopic (exact) mass is 466 g/mol. The third-order valence-electron chi connectivity index (χ3n) is 6.92. The van der Waals surface area contributed by atoms with Crippen LogP contribution >= 0.6 is 0 Å². The lowest BCUT2D eigenvalue weighted by Crippen LogP contribution is -2.18. The Kier molecular flexibility index (Phi) is 15.9. The molecule has 0 aromatic rings. The second-order valence-corrected chi connectivity index (χ2v) is 11.2. The van der Waals surface area contributed by atoms with Gasteiger partial charge in [-0.25, -0.2) is 0 Å². The molecule has 0 fully saturated rings. The van der Waals surface area contributed by atoms with E-state index < -0.39 is 0 Å². The van der Waals surface area contributed by atoms with Crippen LogP contribution in [0.15, 0.2) is 70.4 Å². The van der Waals surface area contributed by atoms with Crippen molar-refractivity contribution in [3.63, 3.8) is 0 Å². The van der Waals surface area contributed by atoms with Gasteiger partial charge in [-0.05, 0) is 130 Å². The molecule has 0 saturated carbocycles. The molecule has 0 radical (unpaired) electrons. The summed E-state index contributed by atoms with van der Waals surface area (Å²) in [6, 6.07) is 0. The van der Waals surface area contributed by atoms with E-state index in [1.165, 1.54) is 47.1 Å². The van der Waals surface area contributed by atoms with Crippen molar-refractivity contribution in [3.05, 3.63) is 70.4 Å². The average Bonchev–Trinajstić information content (AvgIpc) is 2.77. The van der Waals surface area contributed by atoms with Crippen LogP contribution < -0.4 is 0 Å². The summed E-state index contributed by atoms with van der Waals surface area (Å²) in [5, 5.41) is 9.85. The first-order chi connectivity index (χ1) is 16.2. The molecule has 1 heteroatoms. The molecule has 0 heterocycles. The van der Waals surface area contributed by atoms with E-state index in [-0.39, 0.29) is 0 Å². The number of aliphatic hydroxyl groups excluding tert-OH is 1. The molecule has 2 atom stereocenters. The highest BCUT2D eigenvalue weighted by Crippen LogP contribution is 2.34. The van der Waals surface area contributed by atoms with Gasteiger partial charge in [0.1, 0.15) is 0 Å². The van der Waals surface area contributed by atoms with Gasteiger partial charge in [-0.15, -0.1) is 0 Å². The van der Waals surface area contributed by atoms with E-state index >= 15 is 0 Å². The summed E-state index contributed by atoms with van der Waals surface area (Å²) < 4.78 is 0. The van der Waals surface area contributed by atoms with Crippen molar-refractivity contribution in [1.29, 1.82) is 0 Å². The summed E-state index contributed by atoms with van der Waals surface area (Å²) >= 11 is 0. The molecule has 0 saturated heterocycles. The largest absolute Gasteiger partial charge is 0.396 e. The number of hydrogen-bond donors (Lipinski definition) is 1. The normalized spacial score (nSPS) is 19.0. The minimum absolute atomic E-state index is 0.323. The molecule has 1 aliphatic rings. The van der Waals surface area contributed by atoms with Crippen molar-refractivity contribution in [2.45, 2.75) is 119 Å². The molecule has 1 N–H and O–H groups in total. The number of aliphatic hydroxyl groups is 1. The van der Waals surface area contributed by atoms with E-state index in [0.717, 1.165) is 57.8 Å². The maximum atomic E-state index is 9.85. The number of allylic oxidation sites excluding steroid dienone is 11. The summed E-state index contributed by atoms with van der Waals surface area (Å²) in [7, 11) is 0. The molecule has 34 heavy (non-hydrogen) atoms. The van der Waals surface area contributed by atoms with Crippen molar-refractivity contribution >= 4 is 0 Å². The quantitative estimate of drug-likeness (QED) is 0.224. The summed E-state index contributed by atoms with van der Waals surface area (Å²) in [5.74, 6) is 1.04. The number of rotatable bonds is 16. The molecule has 0 spiro atoms. The highest BCUT2D eigenvalue weighted by Gasteiger charge is 2.21. The van der Waals surface area contributed by atoms with Crippen molar-refractivity contribution in [2.24, 2.45) is 11.8 Å². The van der Waals surface area contributed by atoms with Gasteiger partial charge in [-0.3, -0.25) is 0 Å². The minimum atomic E-state index is 0.323. The fraction of sp³-hybridized carbons (Fsp3) is 0.636. The van der Waals surface area contributed by atoms with E-state index in [9.17, 15) is 5.11 Å². The minimum Gasteiger partial charge on any atom is -0.396 e. The summed E-state index contributed by atoms with van der Waals surface area (Å²) in [4.78, 5) is 0. The highest BCUT2D eigenvalue weighted by molar-refractivity contribution is 5.13. The lowest BCUT2D eigenvalue weighted by molar-refractivity contribution is 0.197. The van der Waals surface area contributed by atoms with Gasteiger partial charge in [0, 0.05) is 6.61 Å². The molecule has 1 aliphatic carbocycles. The molecule has 0 aromatic carbocycles. The van der Waals surface area contributed by atoms with Crippen molar-refractivity contribution < 1.29 is 5.11 Å². The molecular formula is C33H54O. The molecule has 192 valence electrons. The average molecular weight is 467 g/mol. The maximum Gasteiger partial charge on any atom is 0.0462 e. The second-order valence-electron chi connectivity index (χ2n) is 11.2. The molecule has 0 amide bonds. The Bertz CT molecular complexity index is 747. The van der Waals surface area contributed by atoms with Gasteiger partial charge in [-0.1, -0.05) is 70.4 Å². The van der Waals surface area contributed by atoms with Gasteiger partial charge < -0.3 is 5.11 Å². The molecule has 1 rings (SSSR count). The molecule has 1 nitrogen and oxygen atoms in total. The summed E-state index contributed by atoms with van der Waals surface area (Å²) in [6.07, 6.45) is 25.6. The van der Waals surface area contributed by atoms with E-state index in [1.807, 2.05) is 0 Å². The summed E-state index contributed by atoms with van der Waals surface area (Å²) in [6.45, 7) is 17.9. The van der Waals surface area contributed by atoms with Crippen LogP contribution in [0.2, 0.25) is 0 Å². The lowest BCUT2D eigenvalue weighted by atomic mass is 9.79. The van der Waals surface area contributed by atoms with Crippen molar-refractivity contribution in [1.82, 2.24) is 0 Å². The van der Waals surface area contributed by atoms with E-state index in [1.54, 1.807) is 5.57 Å². The fourth-order valence-corrected chi connectivity index (χ4v) is 4.80. The van der Waals surface area contributed by atoms with Crippen LogP contribution in [0.4, 0.5) is 0 Å². The Hall–Kier alpha value is -1.60. The molecule has 0 aliphatic heterocycles. The predicted molar refractivity (Wildman–Crippen MR) is 153 cm³/mol. The predicted octanol–water partition coefficient (Wildman–Crippen LogP) is 10.2. The van der Waals surface area contributed by atoms with Crippen LogP contribution in [-0.4, -0.2) is 11.7 Å². The Labute approximate surface area is 212 Å². The Morgan fingerprint density at radius 2 is 1.38 bits per heavy atom. The smallest absolute Gasteiger partial charge is 0.0462 e.